The van der Waals surface area contributed by atoms with Crippen molar-refractivity contribution in [3.8, 4) is 0 Å². The van der Waals surface area contributed by atoms with Gasteiger partial charge in [-0.2, -0.15) is 0 Å². The van der Waals surface area contributed by atoms with Crippen molar-refractivity contribution in [1.82, 2.24) is 0 Å². The molecule has 0 heterocycles. The lowest BCUT2D eigenvalue weighted by atomic mass is 9.86. The van der Waals surface area contributed by atoms with Gasteiger partial charge in [-0.3, -0.25) is 4.79 Å². The van der Waals surface area contributed by atoms with Crippen LogP contribution in [-0.2, 0) is 6.42 Å². The summed E-state index contributed by atoms with van der Waals surface area (Å²) in [6.07, 6.45) is -0.450. The second-order valence-electron chi connectivity index (χ2n) is 5.69. The first-order valence-corrected chi connectivity index (χ1v) is 6.43. The molecule has 2 atom stereocenters. The molecule has 3 N–H and O–H groups in total. The van der Waals surface area contributed by atoms with E-state index in [0.717, 1.165) is 16.7 Å². The van der Waals surface area contributed by atoms with Crippen LogP contribution in [0.5, 0.6) is 0 Å². The summed E-state index contributed by atoms with van der Waals surface area (Å²) < 4.78 is 0. The van der Waals surface area contributed by atoms with Gasteiger partial charge in [0.2, 0.25) is 0 Å². The van der Waals surface area contributed by atoms with E-state index in [1.165, 1.54) is 0 Å². The zero-order chi connectivity index (χ0) is 14.4. The maximum Gasteiger partial charge on any atom is 0.171 e. The molecule has 0 fully saturated rings. The summed E-state index contributed by atoms with van der Waals surface area (Å²) in [6, 6.07) is 1.88. The molecule has 104 valence electrons. The molecule has 2 unspecified atom stereocenters. The molecule has 0 amide bonds. The van der Waals surface area contributed by atoms with E-state index < -0.39 is 11.5 Å². The lowest BCUT2D eigenvalue weighted by molar-refractivity contribution is 0.0721. The molecule has 0 saturated heterocycles. The molecule has 1 aliphatic carbocycles. The van der Waals surface area contributed by atoms with Gasteiger partial charge in [-0.05, 0) is 49.4 Å². The van der Waals surface area contributed by atoms with E-state index in [2.05, 4.69) is 0 Å². The first-order valence-electron chi connectivity index (χ1n) is 6.43. The summed E-state index contributed by atoms with van der Waals surface area (Å²) in [4.78, 5) is 12.4. The highest BCUT2D eigenvalue weighted by Gasteiger charge is 2.42. The molecular weight excluding hydrogens is 244 g/mol. The average Bonchev–Trinajstić information content (AvgIpc) is 2.61. The number of aliphatic hydroxyl groups is 3. The maximum absolute atomic E-state index is 12.4. The molecule has 0 radical (unpaired) electrons. The molecule has 1 aliphatic rings. The minimum atomic E-state index is -0.973. The molecule has 2 rings (SSSR count). The number of carbonyl (C=O) groups is 1. The van der Waals surface area contributed by atoms with Crippen molar-refractivity contribution in [2.24, 2.45) is 5.41 Å². The summed E-state index contributed by atoms with van der Waals surface area (Å²) >= 11 is 0. The second kappa shape index (κ2) is 4.71. The van der Waals surface area contributed by atoms with Gasteiger partial charge in [0.15, 0.2) is 5.78 Å². The van der Waals surface area contributed by atoms with Crippen LogP contribution in [0.15, 0.2) is 6.07 Å². The highest BCUT2D eigenvalue weighted by atomic mass is 16.3. The summed E-state index contributed by atoms with van der Waals surface area (Å²) in [5.41, 5.74) is 2.97. The van der Waals surface area contributed by atoms with Crippen LogP contribution < -0.4 is 0 Å². The number of rotatable bonds is 3. The molecule has 0 spiro atoms. The van der Waals surface area contributed by atoms with Gasteiger partial charge in [0, 0.05) is 5.56 Å². The van der Waals surface area contributed by atoms with Crippen LogP contribution in [0.25, 0.3) is 0 Å². The van der Waals surface area contributed by atoms with Crippen LogP contribution in [0.1, 0.15) is 45.6 Å². The van der Waals surface area contributed by atoms with E-state index in [1.807, 2.05) is 13.0 Å². The Labute approximate surface area is 112 Å². The quantitative estimate of drug-likeness (QED) is 0.763. The standard InChI is InChI=1S/C15H20O4/c1-8-4-10-5-15(3,7-17)14(19)13(10)9(2)12(8)11(18)6-16/h4,11,16-18H,5-7H2,1-3H3. The fraction of sp³-hybridized carbons (Fsp3) is 0.533. The van der Waals surface area contributed by atoms with Crippen molar-refractivity contribution in [3.63, 3.8) is 0 Å². The van der Waals surface area contributed by atoms with Crippen molar-refractivity contribution in [3.05, 3.63) is 33.9 Å². The molecule has 1 aromatic carbocycles. The normalized spacial score (nSPS) is 23.6. The van der Waals surface area contributed by atoms with Gasteiger partial charge in [-0.25, -0.2) is 0 Å². The van der Waals surface area contributed by atoms with E-state index in [4.69, 9.17) is 5.11 Å². The smallest absolute Gasteiger partial charge is 0.171 e. The predicted octanol–water partition coefficient (Wildman–Crippen LogP) is 1.07. The average molecular weight is 264 g/mol. The van der Waals surface area contributed by atoms with E-state index >= 15 is 0 Å². The largest absolute Gasteiger partial charge is 0.395 e. The Balaban J connectivity index is 2.63. The third kappa shape index (κ3) is 2.00. The number of aliphatic hydroxyl groups excluding tert-OH is 3. The number of hydrogen-bond donors (Lipinski definition) is 3. The first kappa shape index (κ1) is 14.2. The molecule has 19 heavy (non-hydrogen) atoms. The minimum Gasteiger partial charge on any atom is -0.395 e. The highest BCUT2D eigenvalue weighted by molar-refractivity contribution is 6.06. The van der Waals surface area contributed by atoms with Crippen LogP contribution in [-0.4, -0.2) is 34.3 Å². The minimum absolute atomic E-state index is 0.0751. The second-order valence-corrected chi connectivity index (χ2v) is 5.69. The lowest BCUT2D eigenvalue weighted by Crippen LogP contribution is -2.28. The molecule has 0 saturated carbocycles. The molecule has 0 bridgehead atoms. The van der Waals surface area contributed by atoms with Gasteiger partial charge in [-0.1, -0.05) is 6.07 Å². The summed E-state index contributed by atoms with van der Waals surface area (Å²) in [5, 5.41) is 28.5. The van der Waals surface area contributed by atoms with E-state index in [-0.39, 0.29) is 19.0 Å². The number of benzene rings is 1. The lowest BCUT2D eigenvalue weighted by Gasteiger charge is -2.18. The number of ketones is 1. The Bertz CT molecular complexity index is 535. The van der Waals surface area contributed by atoms with Crippen LogP contribution in [0, 0.1) is 19.3 Å². The fourth-order valence-corrected chi connectivity index (χ4v) is 3.07. The Morgan fingerprint density at radius 3 is 2.53 bits per heavy atom. The summed E-state index contributed by atoms with van der Waals surface area (Å²) in [7, 11) is 0. The van der Waals surface area contributed by atoms with Gasteiger partial charge < -0.3 is 15.3 Å². The van der Waals surface area contributed by atoms with Crippen molar-refractivity contribution >= 4 is 5.78 Å². The van der Waals surface area contributed by atoms with Crippen LogP contribution in [0.4, 0.5) is 0 Å². The van der Waals surface area contributed by atoms with Crippen molar-refractivity contribution in [1.29, 1.82) is 0 Å². The Hall–Kier alpha value is -1.23. The van der Waals surface area contributed by atoms with Crippen LogP contribution >= 0.6 is 0 Å². The van der Waals surface area contributed by atoms with Crippen LogP contribution in [0.3, 0.4) is 0 Å². The Morgan fingerprint density at radius 2 is 2.00 bits per heavy atom. The third-order valence-electron chi connectivity index (χ3n) is 4.13. The highest BCUT2D eigenvalue weighted by Crippen LogP contribution is 2.40. The Morgan fingerprint density at radius 1 is 1.37 bits per heavy atom. The zero-order valence-corrected chi connectivity index (χ0v) is 11.5. The molecule has 0 aliphatic heterocycles. The number of Topliss-reactive ketones (excluding diaryl/α,β-unsaturated/α-hetero) is 1. The Kier molecular flexibility index (Phi) is 3.51. The van der Waals surface area contributed by atoms with E-state index in [0.29, 0.717) is 17.5 Å². The van der Waals surface area contributed by atoms with Crippen molar-refractivity contribution in [2.75, 3.05) is 13.2 Å². The molecule has 4 heteroatoms. The van der Waals surface area contributed by atoms with E-state index in [9.17, 15) is 15.0 Å². The van der Waals surface area contributed by atoms with Gasteiger partial charge in [-0.15, -0.1) is 0 Å². The van der Waals surface area contributed by atoms with Gasteiger partial charge >= 0.3 is 0 Å². The fourth-order valence-electron chi connectivity index (χ4n) is 3.07. The van der Waals surface area contributed by atoms with Crippen LogP contribution in [0.2, 0.25) is 0 Å². The predicted molar refractivity (Wildman–Crippen MR) is 71.2 cm³/mol. The number of carbonyl (C=O) groups excluding carboxylic acids is 1. The monoisotopic (exact) mass is 264 g/mol. The molecule has 4 nitrogen and oxygen atoms in total. The van der Waals surface area contributed by atoms with Crippen molar-refractivity contribution in [2.45, 2.75) is 33.3 Å². The zero-order valence-electron chi connectivity index (χ0n) is 11.5. The maximum atomic E-state index is 12.4. The number of hydrogen-bond acceptors (Lipinski definition) is 4. The van der Waals surface area contributed by atoms with E-state index in [1.54, 1.807) is 13.8 Å². The summed E-state index contributed by atoms with van der Waals surface area (Å²) in [5.74, 6) is -0.0751. The third-order valence-corrected chi connectivity index (χ3v) is 4.13. The molecule has 1 aromatic rings. The van der Waals surface area contributed by atoms with Gasteiger partial charge in [0.1, 0.15) is 6.10 Å². The van der Waals surface area contributed by atoms with Gasteiger partial charge in [0.05, 0.1) is 18.6 Å². The summed E-state index contributed by atoms with van der Waals surface area (Å²) in [6.45, 7) is 4.86. The topological polar surface area (TPSA) is 77.8 Å². The number of aryl methyl sites for hydroxylation is 1. The van der Waals surface area contributed by atoms with Gasteiger partial charge in [0.25, 0.3) is 0 Å². The SMILES string of the molecule is Cc1cc2c(c(C)c1C(O)CO)C(=O)C(C)(CO)C2. The van der Waals surface area contributed by atoms with Crippen molar-refractivity contribution < 1.29 is 20.1 Å². The molecule has 0 aromatic heterocycles. The molecular formula is C15H20O4. The number of fused-ring (bicyclic) bond motifs is 1. The first-order chi connectivity index (χ1) is 8.85.